The van der Waals surface area contributed by atoms with E-state index in [0.29, 0.717) is 11.0 Å². The van der Waals surface area contributed by atoms with Crippen molar-refractivity contribution in [3.05, 3.63) is 29.3 Å². The Balaban J connectivity index is 2.39. The second-order valence-corrected chi connectivity index (χ2v) is 7.30. The SMILES string of the molecule is CSC(=O)[C@@H](c1cc(C)ccc1SC)C1CCCCC1. The van der Waals surface area contributed by atoms with Crippen molar-refractivity contribution in [2.75, 3.05) is 12.5 Å². The zero-order chi connectivity index (χ0) is 14.5. The van der Waals surface area contributed by atoms with Crippen LogP contribution >= 0.6 is 23.5 Å². The molecule has 0 aliphatic heterocycles. The van der Waals surface area contributed by atoms with E-state index in [9.17, 15) is 4.79 Å². The van der Waals surface area contributed by atoms with Gasteiger partial charge in [0.2, 0.25) is 0 Å². The van der Waals surface area contributed by atoms with Crippen molar-refractivity contribution in [1.29, 1.82) is 0 Å². The minimum atomic E-state index is 0.0904. The van der Waals surface area contributed by atoms with Crippen LogP contribution in [0, 0.1) is 12.8 Å². The predicted molar refractivity (Wildman–Crippen MR) is 90.8 cm³/mol. The molecule has 2 rings (SSSR count). The molecule has 0 saturated heterocycles. The quantitative estimate of drug-likeness (QED) is 0.705. The van der Waals surface area contributed by atoms with Crippen molar-refractivity contribution >= 4 is 28.6 Å². The third kappa shape index (κ3) is 3.62. The minimum Gasteiger partial charge on any atom is -0.287 e. The topological polar surface area (TPSA) is 17.1 Å². The third-order valence-corrected chi connectivity index (χ3v) is 5.76. The molecule has 1 fully saturated rings. The van der Waals surface area contributed by atoms with E-state index >= 15 is 0 Å². The second-order valence-electron chi connectivity index (χ2n) is 5.64. The van der Waals surface area contributed by atoms with Crippen LogP contribution in [0.1, 0.15) is 49.1 Å². The molecule has 110 valence electrons. The summed E-state index contributed by atoms with van der Waals surface area (Å²) in [5.41, 5.74) is 2.52. The lowest BCUT2D eigenvalue weighted by Crippen LogP contribution is -2.22. The van der Waals surface area contributed by atoms with E-state index in [1.54, 1.807) is 11.8 Å². The number of thioether (sulfide) groups is 2. The molecule has 1 atom stereocenters. The normalized spacial score (nSPS) is 17.9. The fraction of sp³-hybridized carbons (Fsp3) is 0.588. The van der Waals surface area contributed by atoms with Gasteiger partial charge in [0.25, 0.3) is 0 Å². The van der Waals surface area contributed by atoms with Gasteiger partial charge in [0.05, 0.1) is 5.92 Å². The lowest BCUT2D eigenvalue weighted by atomic mass is 9.77. The lowest BCUT2D eigenvalue weighted by molar-refractivity contribution is -0.113. The largest absolute Gasteiger partial charge is 0.287 e. The Morgan fingerprint density at radius 2 is 1.90 bits per heavy atom. The average molecular weight is 309 g/mol. The minimum absolute atomic E-state index is 0.0904. The molecule has 1 aromatic carbocycles. The Kier molecular flexibility index (Phi) is 6.03. The van der Waals surface area contributed by atoms with E-state index in [1.807, 2.05) is 6.26 Å². The Morgan fingerprint density at radius 1 is 1.20 bits per heavy atom. The van der Waals surface area contributed by atoms with Crippen molar-refractivity contribution in [3.63, 3.8) is 0 Å². The van der Waals surface area contributed by atoms with E-state index in [2.05, 4.69) is 31.4 Å². The molecule has 1 aliphatic carbocycles. The van der Waals surface area contributed by atoms with Crippen molar-refractivity contribution in [2.45, 2.75) is 49.8 Å². The molecule has 1 saturated carbocycles. The van der Waals surface area contributed by atoms with E-state index in [-0.39, 0.29) is 5.92 Å². The van der Waals surface area contributed by atoms with Gasteiger partial charge in [-0.15, -0.1) is 11.8 Å². The summed E-state index contributed by atoms with van der Waals surface area (Å²) < 4.78 is 0. The Bertz CT molecular complexity index is 464. The Hall–Kier alpha value is -0.410. The van der Waals surface area contributed by atoms with Crippen molar-refractivity contribution in [1.82, 2.24) is 0 Å². The van der Waals surface area contributed by atoms with Crippen LogP contribution in [-0.2, 0) is 4.79 Å². The van der Waals surface area contributed by atoms with Gasteiger partial charge in [0.1, 0.15) is 0 Å². The van der Waals surface area contributed by atoms with Gasteiger partial charge < -0.3 is 0 Å². The van der Waals surface area contributed by atoms with Crippen LogP contribution in [0.15, 0.2) is 23.1 Å². The van der Waals surface area contributed by atoms with Crippen LogP contribution in [0.2, 0.25) is 0 Å². The highest BCUT2D eigenvalue weighted by Gasteiger charge is 2.31. The van der Waals surface area contributed by atoms with Gasteiger partial charge in [-0.3, -0.25) is 4.79 Å². The summed E-state index contributed by atoms with van der Waals surface area (Å²) in [6.45, 7) is 2.12. The molecule has 0 N–H and O–H groups in total. The Labute approximate surface area is 131 Å². The second kappa shape index (κ2) is 7.56. The summed E-state index contributed by atoms with van der Waals surface area (Å²) in [5.74, 6) is 0.629. The van der Waals surface area contributed by atoms with Gasteiger partial charge in [-0.05, 0) is 49.8 Å². The number of carbonyl (C=O) groups is 1. The number of carbonyl (C=O) groups excluding carboxylic acids is 1. The van der Waals surface area contributed by atoms with Crippen LogP contribution in [0.25, 0.3) is 0 Å². The van der Waals surface area contributed by atoms with Crippen molar-refractivity contribution < 1.29 is 4.79 Å². The number of benzene rings is 1. The fourth-order valence-electron chi connectivity index (χ4n) is 3.26. The fourth-order valence-corrected chi connectivity index (χ4v) is 4.46. The first-order valence-corrected chi connectivity index (χ1v) is 9.84. The molecule has 0 radical (unpaired) electrons. The van der Waals surface area contributed by atoms with Crippen LogP contribution in [-0.4, -0.2) is 17.6 Å². The van der Waals surface area contributed by atoms with E-state index in [4.69, 9.17) is 0 Å². The van der Waals surface area contributed by atoms with Crippen LogP contribution in [0.4, 0.5) is 0 Å². The number of hydrogen-bond donors (Lipinski definition) is 0. The highest BCUT2D eigenvalue weighted by atomic mass is 32.2. The van der Waals surface area contributed by atoms with Crippen LogP contribution in [0.5, 0.6) is 0 Å². The molecule has 1 aliphatic rings. The molecular weight excluding hydrogens is 284 g/mol. The summed E-state index contributed by atoms with van der Waals surface area (Å²) in [6.07, 6.45) is 10.3. The average Bonchev–Trinajstić information content (AvgIpc) is 2.48. The third-order valence-electron chi connectivity index (χ3n) is 4.30. The number of rotatable bonds is 4. The summed E-state index contributed by atoms with van der Waals surface area (Å²) >= 11 is 3.16. The van der Waals surface area contributed by atoms with Gasteiger partial charge in [-0.1, -0.05) is 48.7 Å². The van der Waals surface area contributed by atoms with E-state index in [1.165, 1.54) is 59.9 Å². The first kappa shape index (κ1) is 16.0. The molecular formula is C17H24OS2. The maximum atomic E-state index is 12.5. The maximum absolute atomic E-state index is 12.5. The first-order chi connectivity index (χ1) is 9.67. The molecule has 1 nitrogen and oxygen atoms in total. The number of hydrogen-bond acceptors (Lipinski definition) is 3. The highest BCUT2D eigenvalue weighted by Crippen LogP contribution is 2.41. The van der Waals surface area contributed by atoms with Crippen LogP contribution < -0.4 is 0 Å². The number of aryl methyl sites for hydroxylation is 1. The van der Waals surface area contributed by atoms with E-state index in [0.717, 1.165) is 0 Å². The zero-order valence-electron chi connectivity index (χ0n) is 12.6. The molecule has 0 heterocycles. The molecule has 0 unspecified atom stereocenters. The Morgan fingerprint density at radius 3 is 2.50 bits per heavy atom. The summed E-state index contributed by atoms with van der Waals surface area (Å²) in [6, 6.07) is 6.56. The lowest BCUT2D eigenvalue weighted by Gasteiger charge is -2.30. The monoisotopic (exact) mass is 308 g/mol. The molecule has 0 aromatic heterocycles. The van der Waals surface area contributed by atoms with Gasteiger partial charge in [0, 0.05) is 4.90 Å². The predicted octanol–water partition coefficient (Wildman–Crippen LogP) is 5.27. The van der Waals surface area contributed by atoms with Crippen LogP contribution in [0.3, 0.4) is 0 Å². The standard InChI is InChI=1S/C17H24OS2/c1-12-9-10-15(19-2)14(11-12)16(17(18)20-3)13-7-5-4-6-8-13/h9-11,13,16H,4-8H2,1-3H3/t16-/m1/s1. The molecule has 0 spiro atoms. The molecule has 3 heteroatoms. The summed E-state index contributed by atoms with van der Waals surface area (Å²) in [5, 5.41) is 0.345. The van der Waals surface area contributed by atoms with E-state index < -0.39 is 0 Å². The van der Waals surface area contributed by atoms with Crippen molar-refractivity contribution in [2.24, 2.45) is 5.92 Å². The maximum Gasteiger partial charge on any atom is 0.196 e. The summed E-state index contributed by atoms with van der Waals surface area (Å²) in [4.78, 5) is 13.8. The molecule has 20 heavy (non-hydrogen) atoms. The van der Waals surface area contributed by atoms with Gasteiger partial charge in [-0.25, -0.2) is 0 Å². The van der Waals surface area contributed by atoms with Gasteiger partial charge in [-0.2, -0.15) is 0 Å². The van der Waals surface area contributed by atoms with Gasteiger partial charge >= 0.3 is 0 Å². The highest BCUT2D eigenvalue weighted by molar-refractivity contribution is 8.13. The van der Waals surface area contributed by atoms with Crippen molar-refractivity contribution in [3.8, 4) is 0 Å². The molecule has 1 aromatic rings. The molecule has 0 bridgehead atoms. The zero-order valence-corrected chi connectivity index (χ0v) is 14.3. The summed E-state index contributed by atoms with van der Waals surface area (Å²) in [7, 11) is 0. The molecule has 0 amide bonds. The first-order valence-electron chi connectivity index (χ1n) is 7.39. The smallest absolute Gasteiger partial charge is 0.196 e. The van der Waals surface area contributed by atoms with Gasteiger partial charge in [0.15, 0.2) is 5.12 Å².